The van der Waals surface area contributed by atoms with Crippen molar-refractivity contribution in [2.75, 3.05) is 11.9 Å². The average Bonchev–Trinajstić information content (AvgIpc) is 3.58. The number of carbonyl (C=O) groups excluding carboxylic acids is 3. The highest BCUT2D eigenvalue weighted by atomic mass is 32.2. The van der Waals surface area contributed by atoms with Gasteiger partial charge in [-0.1, -0.05) is 107 Å². The van der Waals surface area contributed by atoms with Gasteiger partial charge in [-0.15, -0.1) is 0 Å². The predicted octanol–water partition coefficient (Wildman–Crippen LogP) is 6.74. The Morgan fingerprint density at radius 1 is 1.07 bits per heavy atom. The van der Waals surface area contributed by atoms with Gasteiger partial charge >= 0.3 is 0 Å². The highest BCUT2D eigenvalue weighted by Gasteiger charge is 2.41. The first-order valence-corrected chi connectivity index (χ1v) is 16.4. The van der Waals surface area contributed by atoms with Gasteiger partial charge in [-0.25, -0.2) is 4.98 Å². The normalized spacial score (nSPS) is 19.7. The molecule has 218 valence electrons. The molecule has 2 N–H and O–H groups in total. The molecule has 3 amide bonds. The van der Waals surface area contributed by atoms with Crippen LogP contribution in [-0.2, 0) is 14.4 Å². The highest BCUT2D eigenvalue weighted by molar-refractivity contribution is 8.02. The first kappa shape index (κ1) is 30.6. The van der Waals surface area contributed by atoms with E-state index < -0.39 is 12.1 Å². The Morgan fingerprint density at radius 2 is 1.77 bits per heavy atom. The summed E-state index contributed by atoms with van der Waals surface area (Å²) in [5, 5.41) is 6.96. The summed E-state index contributed by atoms with van der Waals surface area (Å²) in [7, 11) is 0. The Kier molecular flexibility index (Phi) is 10.3. The SMILES string of the molecule is CC[C@@H](C)C(=O)N[C@H](C(=O)N1CCC[C@H]1C(=O)Nc1sc(SC(C)(C)C)nc1-c1ccccc1)C1CCCCC1. The van der Waals surface area contributed by atoms with E-state index in [1.807, 2.05) is 44.2 Å². The summed E-state index contributed by atoms with van der Waals surface area (Å²) in [5.41, 5.74) is 1.70. The number of aromatic nitrogens is 1. The molecule has 0 unspecified atom stereocenters. The molecule has 3 atom stereocenters. The standard InChI is InChI=1S/C31H44N4O3S2/c1-6-20(2)26(36)32-25(22-16-11-8-12-17-22)29(38)35-19-13-18-23(35)27(37)34-28-24(21-14-9-7-10-15-21)33-30(39-28)40-31(3,4)5/h7,9-10,14-15,20,22-23,25H,6,8,11-13,16-19H2,1-5H3,(H,32,36)(H,34,37)/t20-,23+,25+/m1/s1. The van der Waals surface area contributed by atoms with Crippen LogP contribution in [0, 0.1) is 11.8 Å². The van der Waals surface area contributed by atoms with Crippen LogP contribution in [0.5, 0.6) is 0 Å². The van der Waals surface area contributed by atoms with E-state index in [0.717, 1.165) is 54.1 Å². The fourth-order valence-corrected chi connectivity index (χ4v) is 8.04. The number of thiazole rings is 1. The lowest BCUT2D eigenvalue weighted by Gasteiger charge is -2.35. The Hall–Kier alpha value is -2.39. The smallest absolute Gasteiger partial charge is 0.247 e. The van der Waals surface area contributed by atoms with Gasteiger partial charge in [0.1, 0.15) is 22.8 Å². The molecule has 0 radical (unpaired) electrons. The van der Waals surface area contributed by atoms with Gasteiger partial charge in [-0.2, -0.15) is 0 Å². The van der Waals surface area contributed by atoms with Crippen LogP contribution in [-0.4, -0.2) is 51.0 Å². The molecule has 1 saturated carbocycles. The minimum absolute atomic E-state index is 0.0183. The molecule has 1 saturated heterocycles. The van der Waals surface area contributed by atoms with Gasteiger partial charge in [-0.3, -0.25) is 14.4 Å². The average molecular weight is 585 g/mol. The topological polar surface area (TPSA) is 91.4 Å². The first-order valence-electron chi connectivity index (χ1n) is 14.7. The highest BCUT2D eigenvalue weighted by Crippen LogP contribution is 2.42. The second kappa shape index (κ2) is 13.5. The molecule has 1 aliphatic carbocycles. The van der Waals surface area contributed by atoms with E-state index in [1.165, 1.54) is 17.8 Å². The van der Waals surface area contributed by atoms with Gasteiger partial charge in [0.25, 0.3) is 0 Å². The molecule has 9 heteroatoms. The summed E-state index contributed by atoms with van der Waals surface area (Å²) in [6, 6.07) is 8.74. The molecule has 2 fully saturated rings. The van der Waals surface area contributed by atoms with E-state index in [9.17, 15) is 14.4 Å². The minimum atomic E-state index is -0.576. The number of thioether (sulfide) groups is 1. The number of anilines is 1. The number of carbonyl (C=O) groups is 3. The van der Waals surface area contributed by atoms with E-state index in [1.54, 1.807) is 16.7 Å². The zero-order valence-electron chi connectivity index (χ0n) is 24.5. The van der Waals surface area contributed by atoms with Crippen LogP contribution in [0.25, 0.3) is 11.3 Å². The van der Waals surface area contributed by atoms with Crippen molar-refractivity contribution in [1.82, 2.24) is 15.2 Å². The van der Waals surface area contributed by atoms with Crippen LogP contribution in [0.2, 0.25) is 0 Å². The van der Waals surface area contributed by atoms with E-state index in [0.29, 0.717) is 18.0 Å². The van der Waals surface area contributed by atoms with Gasteiger partial charge < -0.3 is 15.5 Å². The number of nitrogens with zero attached hydrogens (tertiary/aromatic N) is 2. The quantitative estimate of drug-likeness (QED) is 0.319. The van der Waals surface area contributed by atoms with Crippen LogP contribution in [0.15, 0.2) is 34.7 Å². The fourth-order valence-electron chi connectivity index (χ4n) is 5.49. The van der Waals surface area contributed by atoms with Crippen molar-refractivity contribution in [3.63, 3.8) is 0 Å². The molecule has 0 bridgehead atoms. The lowest BCUT2D eigenvalue weighted by Crippen LogP contribution is -2.56. The summed E-state index contributed by atoms with van der Waals surface area (Å²) in [4.78, 5) is 47.3. The van der Waals surface area contributed by atoms with Crippen LogP contribution < -0.4 is 10.6 Å². The number of benzene rings is 1. The largest absolute Gasteiger partial charge is 0.344 e. The Balaban J connectivity index is 1.56. The molecule has 4 rings (SSSR count). The number of hydrogen-bond acceptors (Lipinski definition) is 6. The molecule has 7 nitrogen and oxygen atoms in total. The fraction of sp³-hybridized carbons (Fsp3) is 0.613. The number of nitrogens with one attached hydrogen (secondary N) is 2. The molecule has 1 aromatic heterocycles. The van der Waals surface area contributed by atoms with Crippen molar-refractivity contribution >= 4 is 45.8 Å². The van der Waals surface area contributed by atoms with Crippen molar-refractivity contribution in [2.24, 2.45) is 11.8 Å². The van der Waals surface area contributed by atoms with Crippen LogP contribution >= 0.6 is 23.1 Å². The number of rotatable bonds is 9. The van der Waals surface area contributed by atoms with Gasteiger partial charge in [0.2, 0.25) is 17.7 Å². The van der Waals surface area contributed by atoms with Crippen molar-refractivity contribution in [1.29, 1.82) is 0 Å². The van der Waals surface area contributed by atoms with E-state index in [-0.39, 0.29) is 34.3 Å². The van der Waals surface area contributed by atoms with Crippen molar-refractivity contribution in [2.45, 2.75) is 107 Å². The maximum absolute atomic E-state index is 14.0. The van der Waals surface area contributed by atoms with E-state index in [2.05, 4.69) is 31.4 Å². The maximum Gasteiger partial charge on any atom is 0.247 e. The Morgan fingerprint density at radius 3 is 2.42 bits per heavy atom. The van der Waals surface area contributed by atoms with E-state index >= 15 is 0 Å². The third kappa shape index (κ3) is 7.66. The summed E-state index contributed by atoms with van der Waals surface area (Å²) >= 11 is 3.16. The predicted molar refractivity (Wildman–Crippen MR) is 164 cm³/mol. The number of likely N-dealkylation sites (tertiary alicyclic amines) is 1. The molecule has 40 heavy (non-hydrogen) atoms. The molecule has 2 heterocycles. The molecule has 1 aliphatic heterocycles. The molecule has 0 spiro atoms. The lowest BCUT2D eigenvalue weighted by atomic mass is 9.83. The summed E-state index contributed by atoms with van der Waals surface area (Å²) in [6.45, 7) is 10.8. The zero-order valence-corrected chi connectivity index (χ0v) is 26.1. The maximum atomic E-state index is 14.0. The second-order valence-electron chi connectivity index (χ2n) is 12.1. The molecular formula is C31H44N4O3S2. The van der Waals surface area contributed by atoms with Crippen LogP contribution in [0.3, 0.4) is 0 Å². The molecular weight excluding hydrogens is 541 g/mol. The third-order valence-corrected chi connectivity index (χ3v) is 10.0. The first-order chi connectivity index (χ1) is 19.1. The third-order valence-electron chi connectivity index (χ3n) is 7.87. The summed E-state index contributed by atoms with van der Waals surface area (Å²) < 4.78 is 0.876. The van der Waals surface area contributed by atoms with Crippen LogP contribution in [0.1, 0.15) is 86.0 Å². The van der Waals surface area contributed by atoms with Gasteiger partial charge in [0, 0.05) is 22.8 Å². The Labute approximate surface area is 247 Å². The monoisotopic (exact) mass is 584 g/mol. The molecule has 1 aromatic carbocycles. The van der Waals surface area contributed by atoms with Gasteiger partial charge in [0.15, 0.2) is 4.34 Å². The van der Waals surface area contributed by atoms with E-state index in [4.69, 9.17) is 4.98 Å². The number of amides is 3. The van der Waals surface area contributed by atoms with Crippen molar-refractivity contribution < 1.29 is 14.4 Å². The zero-order chi connectivity index (χ0) is 28.9. The minimum Gasteiger partial charge on any atom is -0.344 e. The Bertz CT molecular complexity index is 1170. The molecule has 2 aromatic rings. The second-order valence-corrected chi connectivity index (χ2v) is 15.2. The molecule has 2 aliphatic rings. The van der Waals surface area contributed by atoms with Crippen molar-refractivity contribution in [3.05, 3.63) is 30.3 Å². The summed E-state index contributed by atoms with van der Waals surface area (Å²) in [5.74, 6) is -0.416. The van der Waals surface area contributed by atoms with Crippen LogP contribution in [0.4, 0.5) is 5.00 Å². The summed E-state index contributed by atoms with van der Waals surface area (Å²) in [6.07, 6.45) is 7.26. The van der Waals surface area contributed by atoms with Gasteiger partial charge in [0.05, 0.1) is 0 Å². The van der Waals surface area contributed by atoms with Crippen molar-refractivity contribution in [3.8, 4) is 11.3 Å². The van der Waals surface area contributed by atoms with Gasteiger partial charge in [-0.05, 0) is 38.0 Å². The number of hydrogen-bond donors (Lipinski definition) is 2. The lowest BCUT2D eigenvalue weighted by molar-refractivity contribution is -0.142.